The maximum atomic E-state index is 12.2. The number of likely N-dealkylation sites (N-methyl/N-ethyl adjacent to an activating group) is 1. The highest BCUT2D eigenvalue weighted by molar-refractivity contribution is 5.75. The number of aromatic nitrogens is 1. The lowest BCUT2D eigenvalue weighted by Gasteiger charge is -2.27. The molecule has 1 rings (SSSR count). The van der Waals surface area contributed by atoms with E-state index in [2.05, 4.69) is 4.98 Å². The van der Waals surface area contributed by atoms with Gasteiger partial charge in [-0.3, -0.25) is 9.78 Å². The van der Waals surface area contributed by atoms with Gasteiger partial charge in [0.25, 0.3) is 6.29 Å². The van der Waals surface area contributed by atoms with Gasteiger partial charge in [-0.2, -0.15) is 0 Å². The van der Waals surface area contributed by atoms with Crippen LogP contribution in [0.4, 0.5) is 4.79 Å². The summed E-state index contributed by atoms with van der Waals surface area (Å²) in [7, 11) is 1.65. The van der Waals surface area contributed by atoms with E-state index in [1.54, 1.807) is 34.0 Å². The van der Waals surface area contributed by atoms with E-state index in [1.807, 2.05) is 32.0 Å². The largest absolute Gasteiger partial charge is 0.424 e. The van der Waals surface area contributed by atoms with Crippen LogP contribution in [-0.4, -0.2) is 41.8 Å². The molecule has 1 unspecified atom stereocenters. The number of rotatable bonds is 6. The highest BCUT2D eigenvalue weighted by Crippen LogP contribution is 2.20. The van der Waals surface area contributed by atoms with Crippen molar-refractivity contribution in [2.75, 3.05) is 13.6 Å². The van der Waals surface area contributed by atoms with Crippen LogP contribution in [0.15, 0.2) is 24.4 Å². The minimum Gasteiger partial charge on any atom is -0.424 e. The maximum absolute atomic E-state index is 12.2. The second kappa shape index (κ2) is 8.66. The zero-order valence-electron chi connectivity index (χ0n) is 15.4. The van der Waals surface area contributed by atoms with E-state index in [1.165, 1.54) is 4.90 Å². The predicted octanol–water partition coefficient (Wildman–Crippen LogP) is 3.26. The minimum atomic E-state index is -0.901. The van der Waals surface area contributed by atoms with Crippen molar-refractivity contribution in [3.05, 3.63) is 30.1 Å². The van der Waals surface area contributed by atoms with Gasteiger partial charge in [0.15, 0.2) is 0 Å². The average Bonchev–Trinajstić information content (AvgIpc) is 2.51. The van der Waals surface area contributed by atoms with E-state index >= 15 is 0 Å². The van der Waals surface area contributed by atoms with Crippen molar-refractivity contribution in [2.45, 2.75) is 47.3 Å². The molecule has 24 heavy (non-hydrogen) atoms. The van der Waals surface area contributed by atoms with Gasteiger partial charge in [0.1, 0.15) is 0 Å². The van der Waals surface area contributed by atoms with E-state index in [4.69, 9.17) is 9.47 Å². The Morgan fingerprint density at radius 3 is 2.38 bits per heavy atom. The van der Waals surface area contributed by atoms with Gasteiger partial charge in [-0.05, 0) is 32.9 Å². The molecule has 1 amide bonds. The van der Waals surface area contributed by atoms with Gasteiger partial charge in [0.2, 0.25) is 0 Å². The molecule has 0 aromatic carbocycles. The normalized spacial score (nSPS) is 12.6. The second-order valence-electron chi connectivity index (χ2n) is 7.14. The zero-order chi connectivity index (χ0) is 18.3. The molecular weight excluding hydrogens is 308 g/mol. The third kappa shape index (κ3) is 6.56. The molecule has 0 aliphatic rings. The molecule has 1 aromatic heterocycles. The van der Waals surface area contributed by atoms with Crippen molar-refractivity contribution < 1.29 is 19.1 Å². The lowest BCUT2D eigenvalue weighted by atomic mass is 9.97. The summed E-state index contributed by atoms with van der Waals surface area (Å²) in [5.74, 6) is -0.533. The summed E-state index contributed by atoms with van der Waals surface area (Å²) in [4.78, 5) is 29.9. The third-order valence-corrected chi connectivity index (χ3v) is 3.34. The van der Waals surface area contributed by atoms with Crippen molar-refractivity contribution in [3.63, 3.8) is 0 Å². The van der Waals surface area contributed by atoms with Gasteiger partial charge >= 0.3 is 12.1 Å². The number of carbonyl (C=O) groups excluding carboxylic acids is 2. The molecule has 0 fully saturated rings. The first-order valence-corrected chi connectivity index (χ1v) is 8.14. The summed E-state index contributed by atoms with van der Waals surface area (Å²) in [6.45, 7) is 9.41. The molecule has 1 aromatic rings. The number of nitrogens with zero attached hydrogens (tertiary/aromatic N) is 2. The van der Waals surface area contributed by atoms with E-state index in [-0.39, 0.29) is 5.92 Å². The molecule has 6 heteroatoms. The smallest absolute Gasteiger partial charge is 0.412 e. The molecule has 0 aliphatic heterocycles. The van der Waals surface area contributed by atoms with Crippen molar-refractivity contribution in [1.82, 2.24) is 9.88 Å². The molecule has 0 spiro atoms. The molecule has 134 valence electrons. The van der Waals surface area contributed by atoms with Crippen LogP contribution in [0.25, 0.3) is 0 Å². The van der Waals surface area contributed by atoms with Crippen molar-refractivity contribution in [1.29, 1.82) is 0 Å². The minimum absolute atomic E-state index is 0.135. The molecule has 0 bridgehead atoms. The Morgan fingerprint density at radius 1 is 1.21 bits per heavy atom. The Labute approximate surface area is 144 Å². The molecule has 0 saturated carbocycles. The van der Waals surface area contributed by atoms with Crippen molar-refractivity contribution in [3.8, 4) is 0 Å². The number of esters is 1. The van der Waals surface area contributed by atoms with Crippen LogP contribution in [0.3, 0.4) is 0 Å². The van der Waals surface area contributed by atoms with Gasteiger partial charge in [-0.1, -0.05) is 19.9 Å². The van der Waals surface area contributed by atoms with E-state index in [9.17, 15) is 9.59 Å². The fourth-order valence-electron chi connectivity index (χ4n) is 1.69. The van der Waals surface area contributed by atoms with Crippen LogP contribution in [0.5, 0.6) is 0 Å². The molecule has 0 N–H and O–H groups in total. The first kappa shape index (κ1) is 19.9. The van der Waals surface area contributed by atoms with Crippen LogP contribution >= 0.6 is 0 Å². The monoisotopic (exact) mass is 336 g/mol. The Hall–Kier alpha value is -2.11. The number of hydrogen-bond acceptors (Lipinski definition) is 5. The van der Waals surface area contributed by atoms with Crippen LogP contribution in [0, 0.1) is 11.3 Å². The second-order valence-corrected chi connectivity index (χ2v) is 7.14. The first-order chi connectivity index (χ1) is 11.1. The average molecular weight is 336 g/mol. The standard InChI is InChI=1S/C18H28N2O4/c1-13(2)15(23-16(21)18(3,4)5)24-17(22)20(6)12-10-14-9-7-8-11-19-14/h7-9,11,13,15H,10,12H2,1-6H3. The van der Waals surface area contributed by atoms with Crippen molar-refractivity contribution in [2.24, 2.45) is 11.3 Å². The number of ether oxygens (including phenoxy) is 2. The number of pyridine rings is 1. The molecular formula is C18H28N2O4. The van der Waals surface area contributed by atoms with Gasteiger partial charge in [-0.25, -0.2) is 4.79 Å². The van der Waals surface area contributed by atoms with Crippen LogP contribution in [-0.2, 0) is 20.7 Å². The predicted molar refractivity (Wildman–Crippen MR) is 91.2 cm³/mol. The molecule has 0 saturated heterocycles. The highest BCUT2D eigenvalue weighted by atomic mass is 16.7. The summed E-state index contributed by atoms with van der Waals surface area (Å²) < 4.78 is 10.7. The maximum Gasteiger partial charge on any atom is 0.412 e. The van der Waals surface area contributed by atoms with Crippen molar-refractivity contribution >= 4 is 12.1 Å². The van der Waals surface area contributed by atoms with Crippen LogP contribution in [0.1, 0.15) is 40.3 Å². The van der Waals surface area contributed by atoms with Gasteiger partial charge in [0, 0.05) is 37.8 Å². The van der Waals surface area contributed by atoms with Crippen LogP contribution < -0.4 is 0 Å². The lowest BCUT2D eigenvalue weighted by Crippen LogP contribution is -2.38. The van der Waals surface area contributed by atoms with E-state index in [0.717, 1.165) is 5.69 Å². The SMILES string of the molecule is CC(C)C(OC(=O)N(C)CCc1ccccn1)OC(=O)C(C)(C)C. The Kier molecular flexibility index (Phi) is 7.19. The first-order valence-electron chi connectivity index (χ1n) is 8.14. The van der Waals surface area contributed by atoms with E-state index < -0.39 is 23.8 Å². The summed E-state index contributed by atoms with van der Waals surface area (Å²) in [6.07, 6.45) is 0.919. The Balaban J connectivity index is 2.56. The Morgan fingerprint density at radius 2 is 1.88 bits per heavy atom. The third-order valence-electron chi connectivity index (χ3n) is 3.34. The van der Waals surface area contributed by atoms with E-state index in [0.29, 0.717) is 13.0 Å². The fourth-order valence-corrected chi connectivity index (χ4v) is 1.69. The quantitative estimate of drug-likeness (QED) is 0.589. The molecule has 6 nitrogen and oxygen atoms in total. The number of amides is 1. The van der Waals surface area contributed by atoms with Gasteiger partial charge < -0.3 is 14.4 Å². The lowest BCUT2D eigenvalue weighted by molar-refractivity contribution is -0.185. The number of carbonyl (C=O) groups is 2. The molecule has 1 atom stereocenters. The Bertz CT molecular complexity index is 538. The van der Waals surface area contributed by atoms with Gasteiger partial charge in [0.05, 0.1) is 5.41 Å². The summed E-state index contributed by atoms with van der Waals surface area (Å²) >= 11 is 0. The fraction of sp³-hybridized carbons (Fsp3) is 0.611. The summed E-state index contributed by atoms with van der Waals surface area (Å²) in [5.41, 5.74) is 0.251. The number of hydrogen-bond donors (Lipinski definition) is 0. The van der Waals surface area contributed by atoms with Crippen LogP contribution in [0.2, 0.25) is 0 Å². The molecule has 0 aliphatic carbocycles. The molecule has 0 radical (unpaired) electrons. The highest BCUT2D eigenvalue weighted by Gasteiger charge is 2.30. The summed E-state index contributed by atoms with van der Waals surface area (Å²) in [6, 6.07) is 5.65. The molecule has 1 heterocycles. The van der Waals surface area contributed by atoms with Gasteiger partial charge in [-0.15, -0.1) is 0 Å². The topological polar surface area (TPSA) is 68.7 Å². The zero-order valence-corrected chi connectivity index (χ0v) is 15.4. The summed E-state index contributed by atoms with van der Waals surface area (Å²) in [5, 5.41) is 0.